The van der Waals surface area contributed by atoms with E-state index in [1.165, 1.54) is 25.3 Å². The van der Waals surface area contributed by atoms with E-state index < -0.39 is 11.8 Å². The quantitative estimate of drug-likeness (QED) is 0.857. The Hall–Kier alpha value is -2.39. The molecular formula is C13H8FNO3S. The number of hydrogen-bond acceptors (Lipinski definition) is 5. The molecule has 0 radical (unpaired) electrons. The van der Waals surface area contributed by atoms with Crippen molar-refractivity contribution in [1.29, 1.82) is 5.26 Å². The van der Waals surface area contributed by atoms with Crippen LogP contribution >= 0.6 is 11.3 Å². The molecule has 1 heterocycles. The summed E-state index contributed by atoms with van der Waals surface area (Å²) in [4.78, 5) is 11.7. The highest BCUT2D eigenvalue weighted by Gasteiger charge is 2.18. The number of hydrogen-bond donors (Lipinski definition) is 1. The minimum Gasteiger partial charge on any atom is -0.507 e. The summed E-state index contributed by atoms with van der Waals surface area (Å²) < 4.78 is 18.1. The van der Waals surface area contributed by atoms with Crippen LogP contribution in [0.2, 0.25) is 0 Å². The van der Waals surface area contributed by atoms with Gasteiger partial charge in [-0.25, -0.2) is 9.18 Å². The Morgan fingerprint density at radius 1 is 1.47 bits per heavy atom. The van der Waals surface area contributed by atoms with Crippen molar-refractivity contribution in [2.45, 2.75) is 0 Å². The molecule has 0 spiro atoms. The molecule has 4 nitrogen and oxygen atoms in total. The third-order valence-electron chi connectivity index (χ3n) is 2.46. The van der Waals surface area contributed by atoms with Crippen molar-refractivity contribution in [3.8, 4) is 22.3 Å². The van der Waals surface area contributed by atoms with Crippen molar-refractivity contribution in [2.75, 3.05) is 7.11 Å². The number of ether oxygens (including phenoxy) is 1. The average Bonchev–Trinajstić information content (AvgIpc) is 2.80. The number of carbonyl (C=O) groups is 1. The number of benzene rings is 1. The van der Waals surface area contributed by atoms with Crippen LogP contribution in [0.15, 0.2) is 24.3 Å². The van der Waals surface area contributed by atoms with E-state index in [1.807, 2.05) is 6.07 Å². The standard InChI is InChI=1S/C13H8FNO3S/c1-18-13(17)12-9(14)5-11(19-12)7-2-3-10(16)8(4-7)6-15/h2-5,16H,1H3. The van der Waals surface area contributed by atoms with Gasteiger partial charge in [0.25, 0.3) is 0 Å². The Bertz CT molecular complexity index is 688. The number of carbonyl (C=O) groups excluding carboxylic acids is 1. The van der Waals surface area contributed by atoms with Crippen LogP contribution in [-0.2, 0) is 4.74 Å². The lowest BCUT2D eigenvalue weighted by atomic mass is 10.1. The molecule has 0 fully saturated rings. The van der Waals surface area contributed by atoms with E-state index in [-0.39, 0.29) is 16.2 Å². The lowest BCUT2D eigenvalue weighted by molar-refractivity contribution is 0.0601. The minimum atomic E-state index is -0.743. The van der Waals surface area contributed by atoms with E-state index in [1.54, 1.807) is 6.07 Å². The van der Waals surface area contributed by atoms with Gasteiger partial charge in [0.05, 0.1) is 12.7 Å². The number of methoxy groups -OCH3 is 1. The van der Waals surface area contributed by atoms with E-state index in [4.69, 9.17) is 5.26 Å². The van der Waals surface area contributed by atoms with Gasteiger partial charge in [-0.05, 0) is 29.8 Å². The third kappa shape index (κ3) is 2.41. The van der Waals surface area contributed by atoms with Crippen LogP contribution in [0.25, 0.3) is 10.4 Å². The summed E-state index contributed by atoms with van der Waals surface area (Å²) in [5.41, 5.74) is 0.638. The maximum absolute atomic E-state index is 13.6. The fourth-order valence-corrected chi connectivity index (χ4v) is 2.47. The number of rotatable bonds is 2. The van der Waals surface area contributed by atoms with Crippen LogP contribution in [0.3, 0.4) is 0 Å². The maximum Gasteiger partial charge on any atom is 0.351 e. The lowest BCUT2D eigenvalue weighted by Crippen LogP contribution is -1.99. The molecule has 0 aliphatic rings. The van der Waals surface area contributed by atoms with E-state index in [0.717, 1.165) is 11.3 Å². The van der Waals surface area contributed by atoms with Gasteiger partial charge in [-0.1, -0.05) is 0 Å². The van der Waals surface area contributed by atoms with E-state index in [9.17, 15) is 14.3 Å². The van der Waals surface area contributed by atoms with E-state index in [2.05, 4.69) is 4.74 Å². The zero-order valence-corrected chi connectivity index (χ0v) is 10.6. The van der Waals surface area contributed by atoms with Gasteiger partial charge in [0, 0.05) is 4.88 Å². The molecule has 1 aromatic carbocycles. The van der Waals surface area contributed by atoms with Gasteiger partial charge in [-0.3, -0.25) is 0 Å². The van der Waals surface area contributed by atoms with Crippen LogP contribution in [0, 0.1) is 17.1 Å². The summed E-state index contributed by atoms with van der Waals surface area (Å²) in [5, 5.41) is 18.2. The largest absolute Gasteiger partial charge is 0.507 e. The molecule has 0 unspecified atom stereocenters. The second-order valence-corrected chi connectivity index (χ2v) is 4.68. The first-order valence-corrected chi connectivity index (χ1v) is 5.99. The van der Waals surface area contributed by atoms with Gasteiger partial charge < -0.3 is 9.84 Å². The molecule has 0 atom stereocenters. The van der Waals surface area contributed by atoms with Crippen LogP contribution in [0.5, 0.6) is 5.75 Å². The Morgan fingerprint density at radius 2 is 2.21 bits per heavy atom. The molecule has 2 aromatic rings. The topological polar surface area (TPSA) is 70.3 Å². The molecule has 6 heteroatoms. The number of thiophene rings is 1. The first-order chi connectivity index (χ1) is 9.06. The highest BCUT2D eigenvalue weighted by molar-refractivity contribution is 7.17. The molecule has 0 bridgehead atoms. The minimum absolute atomic E-state index is 0.0888. The molecule has 1 N–H and O–H groups in total. The predicted octanol–water partition coefficient (Wildman–Crippen LogP) is 2.92. The molecule has 19 heavy (non-hydrogen) atoms. The number of esters is 1. The lowest BCUT2D eigenvalue weighted by Gasteiger charge is -2.00. The molecule has 0 aliphatic heterocycles. The van der Waals surface area contributed by atoms with E-state index >= 15 is 0 Å². The third-order valence-corrected chi connectivity index (χ3v) is 3.60. The molecule has 96 valence electrons. The van der Waals surface area contributed by atoms with Crippen LogP contribution in [-0.4, -0.2) is 18.2 Å². The Kier molecular flexibility index (Phi) is 3.49. The van der Waals surface area contributed by atoms with Gasteiger partial charge in [0.15, 0.2) is 0 Å². The second kappa shape index (κ2) is 5.08. The Balaban J connectivity index is 2.49. The molecule has 0 saturated carbocycles. The number of aromatic hydroxyl groups is 1. The van der Waals surface area contributed by atoms with Crippen molar-refractivity contribution in [2.24, 2.45) is 0 Å². The first-order valence-electron chi connectivity index (χ1n) is 5.18. The van der Waals surface area contributed by atoms with Gasteiger partial charge in [0.2, 0.25) is 0 Å². The fourth-order valence-electron chi connectivity index (χ4n) is 1.52. The summed E-state index contributed by atoms with van der Waals surface area (Å²) in [5.74, 6) is -1.55. The van der Waals surface area contributed by atoms with Crippen molar-refractivity contribution in [3.63, 3.8) is 0 Å². The monoisotopic (exact) mass is 277 g/mol. The van der Waals surface area contributed by atoms with Crippen molar-refractivity contribution < 1.29 is 19.0 Å². The summed E-state index contributed by atoms with van der Waals surface area (Å²) in [6, 6.07) is 7.36. The van der Waals surface area contributed by atoms with Crippen molar-refractivity contribution >= 4 is 17.3 Å². The molecule has 0 aliphatic carbocycles. The molecule has 0 saturated heterocycles. The Labute approximate surface area is 112 Å². The van der Waals surface area contributed by atoms with Gasteiger partial charge in [-0.2, -0.15) is 5.26 Å². The zero-order valence-electron chi connectivity index (χ0n) is 9.81. The van der Waals surface area contributed by atoms with Crippen LogP contribution < -0.4 is 0 Å². The maximum atomic E-state index is 13.6. The van der Waals surface area contributed by atoms with Crippen LogP contribution in [0.4, 0.5) is 4.39 Å². The van der Waals surface area contributed by atoms with Gasteiger partial charge in [0.1, 0.15) is 22.5 Å². The summed E-state index contributed by atoms with van der Waals surface area (Å²) in [6.45, 7) is 0. The molecule has 2 rings (SSSR count). The molecule has 1 aromatic heterocycles. The predicted molar refractivity (Wildman–Crippen MR) is 67.4 cm³/mol. The Morgan fingerprint density at radius 3 is 2.84 bits per heavy atom. The first kappa shape index (κ1) is 13.1. The number of halogens is 1. The van der Waals surface area contributed by atoms with E-state index in [0.29, 0.717) is 10.4 Å². The average molecular weight is 277 g/mol. The highest BCUT2D eigenvalue weighted by Crippen LogP contribution is 2.33. The van der Waals surface area contributed by atoms with Crippen LogP contribution in [0.1, 0.15) is 15.2 Å². The van der Waals surface area contributed by atoms with Crippen molar-refractivity contribution in [1.82, 2.24) is 0 Å². The summed E-state index contributed by atoms with van der Waals surface area (Å²) in [7, 11) is 1.18. The number of phenolic OH excluding ortho intramolecular Hbond substituents is 1. The number of phenols is 1. The molecular weight excluding hydrogens is 269 g/mol. The molecule has 0 amide bonds. The van der Waals surface area contributed by atoms with Gasteiger partial charge in [-0.15, -0.1) is 11.3 Å². The zero-order chi connectivity index (χ0) is 14.0. The van der Waals surface area contributed by atoms with Crippen molar-refractivity contribution in [3.05, 3.63) is 40.5 Å². The second-order valence-electron chi connectivity index (χ2n) is 3.62. The summed E-state index contributed by atoms with van der Waals surface area (Å²) >= 11 is 0.930. The highest BCUT2D eigenvalue weighted by atomic mass is 32.1. The van der Waals surface area contributed by atoms with Gasteiger partial charge >= 0.3 is 5.97 Å². The summed E-state index contributed by atoms with van der Waals surface area (Å²) in [6.07, 6.45) is 0. The number of nitriles is 1. The normalized spacial score (nSPS) is 9.95. The smallest absolute Gasteiger partial charge is 0.351 e. The SMILES string of the molecule is COC(=O)c1sc(-c2ccc(O)c(C#N)c2)cc1F. The number of nitrogens with zero attached hydrogens (tertiary/aromatic N) is 1. The fraction of sp³-hybridized carbons (Fsp3) is 0.0769.